The van der Waals surface area contributed by atoms with E-state index in [2.05, 4.69) is 58.3 Å². The highest BCUT2D eigenvalue weighted by Crippen LogP contribution is 2.39. The molecule has 0 aromatic heterocycles. The summed E-state index contributed by atoms with van der Waals surface area (Å²) < 4.78 is 6.31. The van der Waals surface area contributed by atoms with E-state index in [4.69, 9.17) is 4.43 Å². The van der Waals surface area contributed by atoms with Gasteiger partial charge in [0.25, 0.3) is 8.32 Å². The van der Waals surface area contributed by atoms with E-state index < -0.39 is 8.32 Å². The first-order chi connectivity index (χ1) is 7.28. The highest BCUT2D eigenvalue weighted by atomic mass is 32.2. The summed E-state index contributed by atoms with van der Waals surface area (Å²) in [4.78, 5) is 1.23. The first-order valence-corrected chi connectivity index (χ1v) is 9.73. The van der Waals surface area contributed by atoms with Crippen molar-refractivity contribution in [1.82, 2.24) is 0 Å². The second-order valence-corrected chi connectivity index (χ2v) is 11.1. The average Bonchev–Trinajstić information content (AvgIpc) is 2.16. The van der Waals surface area contributed by atoms with Crippen molar-refractivity contribution in [3.05, 3.63) is 24.3 Å². The molecule has 90 valence electrons. The van der Waals surface area contributed by atoms with Gasteiger partial charge >= 0.3 is 0 Å². The van der Waals surface area contributed by atoms with Crippen LogP contribution in [-0.2, 0) is 0 Å². The Hall–Kier alpha value is -0.413. The van der Waals surface area contributed by atoms with Gasteiger partial charge in [-0.05, 0) is 36.5 Å². The third-order valence-corrected chi connectivity index (χ3v) is 8.36. The van der Waals surface area contributed by atoms with E-state index >= 15 is 0 Å². The van der Waals surface area contributed by atoms with Crippen LogP contribution in [0.2, 0.25) is 18.1 Å². The van der Waals surface area contributed by atoms with Crippen molar-refractivity contribution in [2.45, 2.75) is 43.8 Å². The maximum atomic E-state index is 6.31. The molecular formula is C13H22OSSi. The van der Waals surface area contributed by atoms with Crippen LogP contribution in [0.5, 0.6) is 5.75 Å². The van der Waals surface area contributed by atoms with Crippen molar-refractivity contribution in [2.24, 2.45) is 0 Å². The summed E-state index contributed by atoms with van der Waals surface area (Å²) in [5, 5.41) is 0.249. The van der Waals surface area contributed by atoms with Gasteiger partial charge in [-0.3, -0.25) is 0 Å². The lowest BCUT2D eigenvalue weighted by Gasteiger charge is -2.36. The quantitative estimate of drug-likeness (QED) is 0.566. The summed E-state index contributed by atoms with van der Waals surface area (Å²) in [6.07, 6.45) is 2.09. The van der Waals surface area contributed by atoms with Gasteiger partial charge in [0.05, 0.1) is 0 Å². The van der Waals surface area contributed by atoms with Gasteiger partial charge in [0, 0.05) is 4.90 Å². The molecule has 1 aromatic carbocycles. The standard InChI is InChI=1S/C13H22OSSi/c1-13(2,3)16(5,6)14-11-9-7-8-10-12(11)15-4/h7-10H,1-6H3. The van der Waals surface area contributed by atoms with E-state index in [0.29, 0.717) is 0 Å². The van der Waals surface area contributed by atoms with Gasteiger partial charge < -0.3 is 4.43 Å². The molecule has 0 radical (unpaired) electrons. The van der Waals surface area contributed by atoms with Crippen LogP contribution in [0.25, 0.3) is 0 Å². The Morgan fingerprint density at radius 2 is 1.69 bits per heavy atom. The van der Waals surface area contributed by atoms with E-state index in [1.165, 1.54) is 4.90 Å². The average molecular weight is 254 g/mol. The topological polar surface area (TPSA) is 9.23 Å². The molecule has 0 amide bonds. The Morgan fingerprint density at radius 3 is 2.19 bits per heavy atom. The van der Waals surface area contributed by atoms with Crippen LogP contribution < -0.4 is 4.43 Å². The highest BCUT2D eigenvalue weighted by molar-refractivity contribution is 7.98. The largest absolute Gasteiger partial charge is 0.543 e. The Bertz CT molecular complexity index is 355. The van der Waals surface area contributed by atoms with Gasteiger partial charge in [0.2, 0.25) is 0 Å². The van der Waals surface area contributed by atoms with Gasteiger partial charge in [0.15, 0.2) is 0 Å². The monoisotopic (exact) mass is 254 g/mol. The molecule has 16 heavy (non-hydrogen) atoms. The molecule has 1 rings (SSSR count). The van der Waals surface area contributed by atoms with Crippen LogP contribution >= 0.6 is 11.8 Å². The number of hydrogen-bond acceptors (Lipinski definition) is 2. The Labute approximate surface area is 105 Å². The van der Waals surface area contributed by atoms with Crippen LogP contribution in [0, 0.1) is 0 Å². The highest BCUT2D eigenvalue weighted by Gasteiger charge is 2.39. The molecule has 0 fully saturated rings. The summed E-state index contributed by atoms with van der Waals surface area (Å²) >= 11 is 1.74. The van der Waals surface area contributed by atoms with Crippen LogP contribution in [0.1, 0.15) is 20.8 Å². The maximum Gasteiger partial charge on any atom is 0.250 e. The Kier molecular flexibility index (Phi) is 4.13. The van der Waals surface area contributed by atoms with E-state index in [-0.39, 0.29) is 5.04 Å². The SMILES string of the molecule is CSc1ccccc1O[Si](C)(C)C(C)(C)C. The Balaban J connectivity index is 2.96. The third-order valence-electron chi connectivity index (χ3n) is 3.24. The van der Waals surface area contributed by atoms with E-state index in [1.54, 1.807) is 11.8 Å². The van der Waals surface area contributed by atoms with Crippen LogP contribution in [-0.4, -0.2) is 14.6 Å². The molecule has 0 aliphatic rings. The second kappa shape index (κ2) is 4.84. The molecule has 0 aliphatic carbocycles. The van der Waals surface area contributed by atoms with E-state index in [0.717, 1.165) is 5.75 Å². The van der Waals surface area contributed by atoms with Crippen LogP contribution in [0.15, 0.2) is 29.2 Å². The molecule has 0 heterocycles. The van der Waals surface area contributed by atoms with Crippen molar-refractivity contribution in [2.75, 3.05) is 6.26 Å². The lowest BCUT2D eigenvalue weighted by Crippen LogP contribution is -2.43. The number of hydrogen-bond donors (Lipinski definition) is 0. The van der Waals surface area contributed by atoms with E-state index in [1.807, 2.05) is 6.07 Å². The summed E-state index contributed by atoms with van der Waals surface area (Å²) in [5.74, 6) is 1.04. The van der Waals surface area contributed by atoms with Crippen molar-refractivity contribution in [3.8, 4) is 5.75 Å². The maximum absolute atomic E-state index is 6.31. The first-order valence-electron chi connectivity index (χ1n) is 5.60. The molecule has 0 unspecified atom stereocenters. The van der Waals surface area contributed by atoms with Gasteiger partial charge in [-0.15, -0.1) is 11.8 Å². The van der Waals surface area contributed by atoms with Gasteiger partial charge in [0.1, 0.15) is 5.75 Å². The lowest BCUT2D eigenvalue weighted by molar-refractivity contribution is 0.483. The van der Waals surface area contributed by atoms with E-state index in [9.17, 15) is 0 Å². The molecular weight excluding hydrogens is 232 g/mol. The van der Waals surface area contributed by atoms with Gasteiger partial charge in [-0.25, -0.2) is 0 Å². The van der Waals surface area contributed by atoms with Crippen molar-refractivity contribution in [3.63, 3.8) is 0 Å². The predicted molar refractivity (Wildman–Crippen MR) is 76.0 cm³/mol. The van der Waals surface area contributed by atoms with Gasteiger partial charge in [-0.2, -0.15) is 0 Å². The minimum absolute atomic E-state index is 0.249. The zero-order valence-electron chi connectivity index (χ0n) is 11.1. The normalized spacial score (nSPS) is 12.6. The summed E-state index contributed by atoms with van der Waals surface area (Å²) in [6.45, 7) is 11.4. The number of rotatable bonds is 3. The van der Waals surface area contributed by atoms with Crippen LogP contribution in [0.3, 0.4) is 0 Å². The predicted octanol–water partition coefficient (Wildman–Crippen LogP) is 4.79. The summed E-state index contributed by atoms with van der Waals surface area (Å²) in [7, 11) is -1.71. The van der Waals surface area contributed by atoms with Crippen molar-refractivity contribution >= 4 is 20.1 Å². The molecule has 0 N–H and O–H groups in total. The minimum atomic E-state index is -1.71. The van der Waals surface area contributed by atoms with Crippen molar-refractivity contribution < 1.29 is 4.43 Å². The first kappa shape index (κ1) is 13.7. The zero-order valence-corrected chi connectivity index (χ0v) is 12.9. The molecule has 1 nitrogen and oxygen atoms in total. The molecule has 1 aromatic rings. The smallest absolute Gasteiger partial charge is 0.250 e. The molecule has 0 saturated heterocycles. The summed E-state index contributed by atoms with van der Waals surface area (Å²) in [5.41, 5.74) is 0. The molecule has 3 heteroatoms. The molecule has 0 atom stereocenters. The fourth-order valence-corrected chi connectivity index (χ4v) is 2.76. The fraction of sp³-hybridized carbons (Fsp3) is 0.538. The lowest BCUT2D eigenvalue weighted by atomic mass is 10.2. The summed E-state index contributed by atoms with van der Waals surface area (Å²) in [6, 6.07) is 8.30. The van der Waals surface area contributed by atoms with Gasteiger partial charge in [-0.1, -0.05) is 32.9 Å². The molecule has 0 bridgehead atoms. The minimum Gasteiger partial charge on any atom is -0.543 e. The number of para-hydroxylation sites is 1. The molecule has 0 aliphatic heterocycles. The van der Waals surface area contributed by atoms with Crippen LogP contribution in [0.4, 0.5) is 0 Å². The van der Waals surface area contributed by atoms with Crippen molar-refractivity contribution in [1.29, 1.82) is 0 Å². The fourth-order valence-electron chi connectivity index (χ4n) is 1.13. The second-order valence-electron chi connectivity index (χ2n) is 5.51. The third kappa shape index (κ3) is 3.05. The zero-order chi connectivity index (χ0) is 12.4. The molecule has 0 spiro atoms. The Morgan fingerprint density at radius 1 is 1.12 bits per heavy atom. The molecule has 0 saturated carbocycles. The number of thioether (sulfide) groups is 1. The number of benzene rings is 1.